The summed E-state index contributed by atoms with van der Waals surface area (Å²) in [6, 6.07) is 11.1. The minimum absolute atomic E-state index is 0.196. The van der Waals surface area contributed by atoms with Crippen LogP contribution in [0.5, 0.6) is 11.5 Å². The van der Waals surface area contributed by atoms with Gasteiger partial charge in [0.15, 0.2) is 11.5 Å². The maximum Gasteiger partial charge on any atom is 0.249 e. The fraction of sp³-hybridized carbons (Fsp3) is 0.158. The summed E-state index contributed by atoms with van der Waals surface area (Å²) in [5.41, 5.74) is 1.59. The standard InChI is InChI=1S/C19H15N5O3/c1-12(19-22-17(23-27-19)14-4-2-3-7-20-14)24-9-8-21-18(24)13-5-6-15-16(10-13)26-11-25-15/h2-10,12H,11H2,1H3/t12-/m0/s1. The van der Waals surface area contributed by atoms with Crippen molar-refractivity contribution in [2.45, 2.75) is 13.0 Å². The maximum atomic E-state index is 5.48. The highest BCUT2D eigenvalue weighted by Crippen LogP contribution is 2.36. The number of imidazole rings is 1. The van der Waals surface area contributed by atoms with Gasteiger partial charge in [0.2, 0.25) is 18.5 Å². The fourth-order valence-corrected chi connectivity index (χ4v) is 3.01. The van der Waals surface area contributed by atoms with Crippen LogP contribution in [0.15, 0.2) is 59.5 Å². The van der Waals surface area contributed by atoms with Crippen LogP contribution in [0.25, 0.3) is 22.9 Å². The van der Waals surface area contributed by atoms with E-state index in [9.17, 15) is 0 Å². The van der Waals surface area contributed by atoms with Crippen LogP contribution in [0.1, 0.15) is 18.9 Å². The first kappa shape index (κ1) is 15.6. The molecule has 134 valence electrons. The zero-order chi connectivity index (χ0) is 18.2. The smallest absolute Gasteiger partial charge is 0.249 e. The third kappa shape index (κ3) is 2.71. The van der Waals surface area contributed by atoms with Crippen LogP contribution in [-0.2, 0) is 0 Å². The summed E-state index contributed by atoms with van der Waals surface area (Å²) in [6.45, 7) is 2.22. The third-order valence-corrected chi connectivity index (χ3v) is 4.41. The Morgan fingerprint density at radius 2 is 1.96 bits per heavy atom. The van der Waals surface area contributed by atoms with Gasteiger partial charge in [0, 0.05) is 24.2 Å². The lowest BCUT2D eigenvalue weighted by Crippen LogP contribution is -2.08. The molecule has 0 aliphatic carbocycles. The van der Waals surface area contributed by atoms with Gasteiger partial charge in [0.25, 0.3) is 0 Å². The van der Waals surface area contributed by atoms with E-state index in [1.54, 1.807) is 12.4 Å². The number of fused-ring (bicyclic) bond motifs is 1. The molecule has 8 heteroatoms. The van der Waals surface area contributed by atoms with Crippen LogP contribution in [0.3, 0.4) is 0 Å². The van der Waals surface area contributed by atoms with E-state index >= 15 is 0 Å². The van der Waals surface area contributed by atoms with E-state index in [1.165, 1.54) is 0 Å². The van der Waals surface area contributed by atoms with E-state index in [4.69, 9.17) is 14.0 Å². The Morgan fingerprint density at radius 1 is 1.04 bits per heavy atom. The predicted octanol–water partition coefficient (Wildman–Crippen LogP) is 3.33. The van der Waals surface area contributed by atoms with E-state index in [1.807, 2.05) is 54.1 Å². The molecule has 1 aliphatic rings. The van der Waals surface area contributed by atoms with E-state index in [-0.39, 0.29) is 12.8 Å². The molecule has 0 amide bonds. The summed E-state index contributed by atoms with van der Waals surface area (Å²) in [5.74, 6) is 3.17. The van der Waals surface area contributed by atoms with Crippen molar-refractivity contribution in [1.82, 2.24) is 24.7 Å². The second-order valence-corrected chi connectivity index (χ2v) is 6.07. The van der Waals surface area contributed by atoms with Gasteiger partial charge in [-0.25, -0.2) is 4.98 Å². The summed E-state index contributed by atoms with van der Waals surface area (Å²) in [7, 11) is 0. The largest absolute Gasteiger partial charge is 0.454 e. The molecule has 27 heavy (non-hydrogen) atoms. The molecule has 3 aromatic heterocycles. The zero-order valence-electron chi connectivity index (χ0n) is 14.4. The van der Waals surface area contributed by atoms with E-state index < -0.39 is 0 Å². The predicted molar refractivity (Wildman–Crippen MR) is 95.1 cm³/mol. The molecule has 0 saturated heterocycles. The molecule has 4 heterocycles. The van der Waals surface area contributed by atoms with Crippen LogP contribution in [-0.4, -0.2) is 31.5 Å². The highest BCUT2D eigenvalue weighted by atomic mass is 16.7. The van der Waals surface area contributed by atoms with Crippen molar-refractivity contribution < 1.29 is 14.0 Å². The molecule has 0 spiro atoms. The van der Waals surface area contributed by atoms with Gasteiger partial charge in [-0.2, -0.15) is 4.98 Å². The van der Waals surface area contributed by atoms with E-state index in [2.05, 4.69) is 20.1 Å². The van der Waals surface area contributed by atoms with Crippen LogP contribution in [0, 0.1) is 0 Å². The second kappa shape index (κ2) is 6.24. The Labute approximate surface area is 154 Å². The first-order valence-corrected chi connectivity index (χ1v) is 8.47. The summed E-state index contributed by atoms with van der Waals surface area (Å²) in [4.78, 5) is 13.2. The molecule has 1 aliphatic heterocycles. The third-order valence-electron chi connectivity index (χ3n) is 4.41. The topological polar surface area (TPSA) is 88.1 Å². The second-order valence-electron chi connectivity index (χ2n) is 6.07. The van der Waals surface area contributed by atoms with Crippen LogP contribution >= 0.6 is 0 Å². The van der Waals surface area contributed by atoms with Crippen molar-refractivity contribution in [1.29, 1.82) is 0 Å². The van der Waals surface area contributed by atoms with Gasteiger partial charge in [-0.3, -0.25) is 4.98 Å². The lowest BCUT2D eigenvalue weighted by molar-refractivity contribution is 0.174. The van der Waals surface area contributed by atoms with E-state index in [0.717, 1.165) is 17.1 Å². The van der Waals surface area contributed by atoms with Gasteiger partial charge in [-0.15, -0.1) is 0 Å². The maximum absolute atomic E-state index is 5.48. The Balaban J connectivity index is 1.48. The molecule has 0 unspecified atom stereocenters. The van der Waals surface area contributed by atoms with Crippen LogP contribution in [0.4, 0.5) is 0 Å². The number of aromatic nitrogens is 5. The molecule has 1 atom stereocenters. The fourth-order valence-electron chi connectivity index (χ4n) is 3.01. The summed E-state index contributed by atoms with van der Waals surface area (Å²) >= 11 is 0. The highest BCUT2D eigenvalue weighted by molar-refractivity contribution is 5.62. The van der Waals surface area contributed by atoms with Gasteiger partial charge in [0.05, 0.1) is 0 Å². The lowest BCUT2D eigenvalue weighted by atomic mass is 10.2. The molecule has 0 radical (unpaired) electrons. The normalized spacial score (nSPS) is 13.7. The Hall–Kier alpha value is -3.68. The highest BCUT2D eigenvalue weighted by Gasteiger charge is 2.22. The van der Waals surface area contributed by atoms with Gasteiger partial charge < -0.3 is 18.6 Å². The van der Waals surface area contributed by atoms with Crippen molar-refractivity contribution in [3.05, 3.63) is 60.9 Å². The van der Waals surface area contributed by atoms with Gasteiger partial charge in [0.1, 0.15) is 17.6 Å². The molecule has 0 N–H and O–H groups in total. The van der Waals surface area contributed by atoms with Crippen LogP contribution < -0.4 is 9.47 Å². The molecular weight excluding hydrogens is 346 g/mol. The minimum atomic E-state index is -0.196. The molecule has 4 aromatic rings. The Bertz CT molecular complexity index is 1090. The quantitative estimate of drug-likeness (QED) is 0.551. The molecule has 5 rings (SSSR count). The van der Waals surface area contributed by atoms with Crippen molar-refractivity contribution in [2.24, 2.45) is 0 Å². The number of rotatable bonds is 4. The van der Waals surface area contributed by atoms with Crippen molar-refractivity contribution in [3.8, 4) is 34.4 Å². The van der Waals surface area contributed by atoms with Crippen molar-refractivity contribution in [3.63, 3.8) is 0 Å². The van der Waals surface area contributed by atoms with Crippen molar-refractivity contribution in [2.75, 3.05) is 6.79 Å². The number of nitrogens with zero attached hydrogens (tertiary/aromatic N) is 5. The van der Waals surface area contributed by atoms with Gasteiger partial charge in [-0.1, -0.05) is 11.2 Å². The van der Waals surface area contributed by atoms with Crippen LogP contribution in [0.2, 0.25) is 0 Å². The number of hydrogen-bond donors (Lipinski definition) is 0. The molecule has 8 nitrogen and oxygen atoms in total. The Kier molecular flexibility index (Phi) is 3.60. The molecule has 0 fully saturated rings. The zero-order valence-corrected chi connectivity index (χ0v) is 14.4. The molecule has 0 bridgehead atoms. The Morgan fingerprint density at radius 3 is 2.85 bits per heavy atom. The van der Waals surface area contributed by atoms with E-state index in [0.29, 0.717) is 23.2 Å². The average molecular weight is 361 g/mol. The van der Waals surface area contributed by atoms with Crippen molar-refractivity contribution >= 4 is 0 Å². The lowest BCUT2D eigenvalue weighted by Gasteiger charge is -2.13. The molecular formula is C19H15N5O3. The molecule has 0 saturated carbocycles. The monoisotopic (exact) mass is 361 g/mol. The summed E-state index contributed by atoms with van der Waals surface area (Å²) in [6.07, 6.45) is 5.32. The summed E-state index contributed by atoms with van der Waals surface area (Å²) < 4.78 is 18.3. The number of hydrogen-bond acceptors (Lipinski definition) is 7. The molecule has 1 aromatic carbocycles. The SMILES string of the molecule is C[C@@H](c1nc(-c2ccccn2)no1)n1ccnc1-c1ccc2c(c1)OCO2. The summed E-state index contributed by atoms with van der Waals surface area (Å²) in [5, 5.41) is 4.05. The van der Waals surface area contributed by atoms with Gasteiger partial charge in [-0.05, 0) is 37.3 Å². The number of pyridine rings is 1. The number of benzene rings is 1. The average Bonchev–Trinajstić information content (AvgIpc) is 3.47. The minimum Gasteiger partial charge on any atom is -0.454 e. The first-order chi connectivity index (χ1) is 13.3. The first-order valence-electron chi connectivity index (χ1n) is 8.47. The number of ether oxygens (including phenoxy) is 2. The van der Waals surface area contributed by atoms with Gasteiger partial charge >= 0.3 is 0 Å².